The van der Waals surface area contributed by atoms with Crippen LogP contribution in [0.5, 0.6) is 11.5 Å². The number of ether oxygens (including phenoxy) is 2. The van der Waals surface area contributed by atoms with Gasteiger partial charge in [0.05, 0.1) is 31.0 Å². The number of rotatable bonds is 8. The van der Waals surface area contributed by atoms with Crippen LogP contribution in [0.3, 0.4) is 0 Å². The van der Waals surface area contributed by atoms with Gasteiger partial charge in [0.25, 0.3) is 10.0 Å². The van der Waals surface area contributed by atoms with E-state index in [1.807, 2.05) is 0 Å². The van der Waals surface area contributed by atoms with Gasteiger partial charge < -0.3 is 14.8 Å². The third-order valence-electron chi connectivity index (χ3n) is 3.12. The van der Waals surface area contributed by atoms with Crippen LogP contribution in [0.1, 0.15) is 0 Å². The number of benzene rings is 1. The molecule has 1 heterocycles. The van der Waals surface area contributed by atoms with Crippen molar-refractivity contribution in [1.29, 1.82) is 0 Å². The highest BCUT2D eigenvalue weighted by molar-refractivity contribution is 7.92. The average Bonchev–Trinajstić information content (AvgIpc) is 2.60. The van der Waals surface area contributed by atoms with Crippen molar-refractivity contribution in [2.75, 3.05) is 30.8 Å². The summed E-state index contributed by atoms with van der Waals surface area (Å²) in [6, 6.07) is 7.65. The second-order valence-corrected chi connectivity index (χ2v) is 6.41. The molecule has 0 radical (unpaired) electrons. The molecule has 1 aromatic carbocycles. The zero-order chi connectivity index (χ0) is 17.6. The molecule has 0 aliphatic rings. The van der Waals surface area contributed by atoms with E-state index in [4.69, 9.17) is 9.47 Å². The van der Waals surface area contributed by atoms with E-state index in [0.29, 0.717) is 18.0 Å². The number of pyridine rings is 1. The summed E-state index contributed by atoms with van der Waals surface area (Å²) in [6.45, 7) is 4.20. The lowest BCUT2D eigenvalue weighted by Crippen LogP contribution is -2.14. The van der Waals surface area contributed by atoms with Gasteiger partial charge in [-0.1, -0.05) is 6.08 Å². The van der Waals surface area contributed by atoms with Crippen molar-refractivity contribution < 1.29 is 17.9 Å². The normalized spacial score (nSPS) is 10.8. The Kier molecular flexibility index (Phi) is 5.64. The van der Waals surface area contributed by atoms with Gasteiger partial charge in [0, 0.05) is 12.6 Å². The number of nitrogens with zero attached hydrogens (tertiary/aromatic N) is 1. The topological polar surface area (TPSA) is 89.5 Å². The molecule has 0 amide bonds. The molecule has 2 aromatic rings. The molecular weight excluding hydrogens is 330 g/mol. The molecule has 0 aliphatic heterocycles. The van der Waals surface area contributed by atoms with Crippen LogP contribution in [0.4, 0.5) is 11.5 Å². The minimum absolute atomic E-state index is 0.0517. The van der Waals surface area contributed by atoms with Gasteiger partial charge >= 0.3 is 0 Å². The van der Waals surface area contributed by atoms with E-state index >= 15 is 0 Å². The fraction of sp³-hybridized carbons (Fsp3) is 0.188. The third-order valence-corrected chi connectivity index (χ3v) is 4.47. The molecule has 0 saturated heterocycles. The van der Waals surface area contributed by atoms with Crippen LogP contribution in [0.15, 0.2) is 54.1 Å². The maximum atomic E-state index is 12.4. The maximum Gasteiger partial charge on any atom is 0.263 e. The molecule has 24 heavy (non-hydrogen) atoms. The number of nitrogens with one attached hydrogen (secondary N) is 2. The van der Waals surface area contributed by atoms with Crippen molar-refractivity contribution in [3.63, 3.8) is 0 Å². The summed E-state index contributed by atoms with van der Waals surface area (Å²) in [6.07, 6.45) is 3.25. The Morgan fingerprint density at radius 1 is 1.17 bits per heavy atom. The van der Waals surface area contributed by atoms with Crippen molar-refractivity contribution in [3.05, 3.63) is 49.2 Å². The molecule has 0 fully saturated rings. The van der Waals surface area contributed by atoms with E-state index in [0.717, 1.165) is 5.69 Å². The number of hydrogen-bond donors (Lipinski definition) is 2. The molecule has 7 nitrogen and oxygen atoms in total. The summed E-state index contributed by atoms with van der Waals surface area (Å²) < 4.78 is 37.6. The van der Waals surface area contributed by atoms with Gasteiger partial charge in [0.15, 0.2) is 11.5 Å². The van der Waals surface area contributed by atoms with Gasteiger partial charge in [-0.2, -0.15) is 0 Å². The van der Waals surface area contributed by atoms with E-state index in [1.165, 1.54) is 38.6 Å². The van der Waals surface area contributed by atoms with Gasteiger partial charge in [0.1, 0.15) is 5.82 Å². The van der Waals surface area contributed by atoms with Crippen molar-refractivity contribution in [3.8, 4) is 11.5 Å². The van der Waals surface area contributed by atoms with Crippen LogP contribution >= 0.6 is 0 Å². The Balaban J connectivity index is 2.20. The van der Waals surface area contributed by atoms with Gasteiger partial charge in [-0.3, -0.25) is 4.72 Å². The Morgan fingerprint density at radius 2 is 1.92 bits per heavy atom. The first-order chi connectivity index (χ1) is 11.5. The molecule has 128 valence electrons. The molecule has 1 aromatic heterocycles. The summed E-state index contributed by atoms with van der Waals surface area (Å²) in [7, 11) is -0.860. The van der Waals surface area contributed by atoms with Crippen molar-refractivity contribution in [2.45, 2.75) is 4.90 Å². The van der Waals surface area contributed by atoms with E-state index in [-0.39, 0.29) is 10.7 Å². The first-order valence-electron chi connectivity index (χ1n) is 7.06. The first-order valence-corrected chi connectivity index (χ1v) is 8.54. The third kappa shape index (κ3) is 4.17. The van der Waals surface area contributed by atoms with E-state index in [2.05, 4.69) is 21.6 Å². The summed E-state index contributed by atoms with van der Waals surface area (Å²) in [5, 5.41) is 3.06. The van der Waals surface area contributed by atoms with Crippen LogP contribution < -0.4 is 19.5 Å². The summed E-state index contributed by atoms with van der Waals surface area (Å²) in [5.41, 5.74) is 0.768. The van der Waals surface area contributed by atoms with Gasteiger partial charge in [-0.25, -0.2) is 13.4 Å². The zero-order valence-electron chi connectivity index (χ0n) is 13.4. The van der Waals surface area contributed by atoms with E-state index in [9.17, 15) is 8.42 Å². The second kappa shape index (κ2) is 7.69. The lowest BCUT2D eigenvalue weighted by molar-refractivity contribution is 0.354. The van der Waals surface area contributed by atoms with Crippen LogP contribution in [0, 0.1) is 0 Å². The van der Waals surface area contributed by atoms with Gasteiger partial charge in [-0.05, 0) is 24.3 Å². The predicted octanol–water partition coefficient (Wildman–Crippen LogP) is 2.50. The van der Waals surface area contributed by atoms with E-state index in [1.54, 1.807) is 18.2 Å². The van der Waals surface area contributed by atoms with E-state index < -0.39 is 10.0 Å². The number of aromatic nitrogens is 1. The Labute approximate surface area is 141 Å². The van der Waals surface area contributed by atoms with Gasteiger partial charge in [0.2, 0.25) is 0 Å². The molecule has 0 bridgehead atoms. The Morgan fingerprint density at radius 3 is 2.50 bits per heavy atom. The number of methoxy groups -OCH3 is 2. The van der Waals surface area contributed by atoms with Crippen LogP contribution in [0.25, 0.3) is 0 Å². The standard InChI is InChI=1S/C16H19N3O4S/c1-4-9-17-12-5-8-16(18-11-12)19-24(20,21)13-6-7-14(22-2)15(10-13)23-3/h4-8,10-11,17H,1,9H2,2-3H3,(H,18,19). The SMILES string of the molecule is C=CCNc1ccc(NS(=O)(=O)c2ccc(OC)c(OC)c2)nc1. The highest BCUT2D eigenvalue weighted by Gasteiger charge is 2.17. The van der Waals surface area contributed by atoms with Crippen LogP contribution in [-0.4, -0.2) is 34.2 Å². The first kappa shape index (κ1) is 17.6. The summed E-state index contributed by atoms with van der Waals surface area (Å²) in [4.78, 5) is 4.13. The van der Waals surface area contributed by atoms with Crippen LogP contribution in [-0.2, 0) is 10.0 Å². The largest absolute Gasteiger partial charge is 0.493 e. The number of anilines is 2. The highest BCUT2D eigenvalue weighted by Crippen LogP contribution is 2.30. The highest BCUT2D eigenvalue weighted by atomic mass is 32.2. The molecule has 0 aliphatic carbocycles. The zero-order valence-corrected chi connectivity index (χ0v) is 14.3. The predicted molar refractivity (Wildman–Crippen MR) is 93.3 cm³/mol. The molecule has 2 rings (SSSR count). The average molecular weight is 349 g/mol. The lowest BCUT2D eigenvalue weighted by atomic mass is 10.3. The minimum Gasteiger partial charge on any atom is -0.493 e. The molecule has 0 spiro atoms. The Hall–Kier alpha value is -2.74. The summed E-state index contributed by atoms with van der Waals surface area (Å²) >= 11 is 0. The Bertz CT molecular complexity index is 805. The monoisotopic (exact) mass is 349 g/mol. The van der Waals surface area contributed by atoms with Crippen molar-refractivity contribution in [1.82, 2.24) is 4.98 Å². The fourth-order valence-electron chi connectivity index (χ4n) is 1.93. The maximum absolute atomic E-state index is 12.4. The summed E-state index contributed by atoms with van der Waals surface area (Å²) in [5.74, 6) is 0.999. The van der Waals surface area contributed by atoms with Gasteiger partial charge in [-0.15, -0.1) is 6.58 Å². The smallest absolute Gasteiger partial charge is 0.263 e. The number of sulfonamides is 1. The van der Waals surface area contributed by atoms with Crippen molar-refractivity contribution >= 4 is 21.5 Å². The molecule has 0 atom stereocenters. The quantitative estimate of drug-likeness (QED) is 0.712. The molecule has 0 unspecified atom stereocenters. The second-order valence-electron chi connectivity index (χ2n) is 4.72. The van der Waals surface area contributed by atoms with Crippen molar-refractivity contribution in [2.24, 2.45) is 0 Å². The molecular formula is C16H19N3O4S. The lowest BCUT2D eigenvalue weighted by Gasteiger charge is -2.11. The molecule has 0 saturated carbocycles. The fourth-order valence-corrected chi connectivity index (χ4v) is 2.95. The van der Waals surface area contributed by atoms with Crippen LogP contribution in [0.2, 0.25) is 0 Å². The minimum atomic E-state index is -3.79. The molecule has 8 heteroatoms. The number of hydrogen-bond acceptors (Lipinski definition) is 6. The molecule has 2 N–H and O–H groups in total.